The Morgan fingerprint density at radius 3 is 0.961 bits per heavy atom. The van der Waals surface area contributed by atoms with Crippen LogP contribution in [0.4, 0.5) is 0 Å². The van der Waals surface area contributed by atoms with Crippen LogP contribution in [0.3, 0.4) is 0 Å². The average Bonchev–Trinajstić information content (AvgIpc) is 4.06. The molecule has 0 aromatic heterocycles. The normalized spacial score (nSPS) is 12.7. The molecule has 0 fully saturated rings. The van der Waals surface area contributed by atoms with Gasteiger partial charge in [-0.1, -0.05) is 165 Å². The van der Waals surface area contributed by atoms with Crippen molar-refractivity contribution in [2.45, 2.75) is 18.3 Å². The van der Waals surface area contributed by atoms with E-state index >= 15 is 0 Å². The first-order valence-electron chi connectivity index (χ1n) is 24.7. The molecule has 0 spiro atoms. The van der Waals surface area contributed by atoms with Crippen molar-refractivity contribution in [3.05, 3.63) is 251 Å². The maximum atomic E-state index is 6.79. The Balaban J connectivity index is 0.00000616. The highest BCUT2D eigenvalue weighted by Gasteiger charge is 2.48. The molecule has 5 nitrogen and oxygen atoms in total. The van der Waals surface area contributed by atoms with E-state index in [1.165, 1.54) is 0 Å². The minimum absolute atomic E-state index is 0. The van der Waals surface area contributed by atoms with Gasteiger partial charge in [0.25, 0.3) is 0 Å². The van der Waals surface area contributed by atoms with Crippen LogP contribution in [0.5, 0.6) is 34.5 Å². The smallest absolute Gasteiger partial charge is 0.148 e. The first-order chi connectivity index (χ1) is 37.0. The Kier molecular flexibility index (Phi) is 12.8. The van der Waals surface area contributed by atoms with E-state index < -0.39 is 10.8 Å². The molecule has 0 saturated carbocycles. The van der Waals surface area contributed by atoms with Gasteiger partial charge in [0.1, 0.15) is 60.9 Å². The highest BCUT2D eigenvalue weighted by molar-refractivity contribution is 5.99. The third-order valence-electron chi connectivity index (χ3n) is 14.7. The standard InChI is InChI=1S/C70H46O5.CH4/c1-5-41-71-51-33-35-57-59(45-51)65(37-39-67(57)73-43-7-3)69(61-21-13-9-17-53(61)54-18-10-14-22-62(54)69)47-25-29-49(30-26-47)75-50-31-27-48(28-32-50)70(63-23-15-11-19-55(63)56-20-12-16-24-64(56)70)66-38-40-68(74-44-8-4)58-36-34-52(46-60(58)66)72-42-6-2;/h1-4,9-40,45-46H,41-44H2;1H4. The second-order valence-corrected chi connectivity index (χ2v) is 18.4. The molecule has 2 aliphatic carbocycles. The fourth-order valence-corrected chi connectivity index (χ4v) is 11.8. The molecule has 0 bridgehead atoms. The number of fused-ring (bicyclic) bond motifs is 8. The van der Waals surface area contributed by atoms with Crippen molar-refractivity contribution in [2.24, 2.45) is 0 Å². The summed E-state index contributed by atoms with van der Waals surface area (Å²) < 4.78 is 31.2. The van der Waals surface area contributed by atoms with E-state index in [-0.39, 0.29) is 33.9 Å². The average molecular weight is 983 g/mol. The lowest BCUT2D eigenvalue weighted by atomic mass is 9.66. The first kappa shape index (κ1) is 48.2. The van der Waals surface area contributed by atoms with E-state index in [1.807, 2.05) is 36.4 Å². The van der Waals surface area contributed by atoms with Gasteiger partial charge in [-0.15, -0.1) is 25.7 Å². The summed E-state index contributed by atoms with van der Waals surface area (Å²) >= 11 is 0. The monoisotopic (exact) mass is 982 g/mol. The highest BCUT2D eigenvalue weighted by atomic mass is 16.5. The van der Waals surface area contributed by atoms with Crippen molar-refractivity contribution < 1.29 is 23.7 Å². The van der Waals surface area contributed by atoms with Gasteiger partial charge in [-0.2, -0.15) is 0 Å². The van der Waals surface area contributed by atoms with Crippen LogP contribution >= 0.6 is 0 Å². The number of rotatable bonds is 14. The zero-order valence-corrected chi connectivity index (χ0v) is 40.8. The molecule has 2 aliphatic rings. The van der Waals surface area contributed by atoms with E-state index in [0.717, 1.165) is 88.3 Å². The van der Waals surface area contributed by atoms with Crippen molar-refractivity contribution in [3.63, 3.8) is 0 Å². The summed E-state index contributed by atoms with van der Waals surface area (Å²) in [6.07, 6.45) is 22.7. The van der Waals surface area contributed by atoms with E-state index in [1.54, 1.807) is 0 Å². The Morgan fingerprint density at radius 1 is 0.303 bits per heavy atom. The minimum Gasteiger partial charge on any atom is -0.481 e. The molecule has 0 atom stereocenters. The second kappa shape index (κ2) is 20.1. The lowest BCUT2D eigenvalue weighted by Crippen LogP contribution is -2.29. The summed E-state index contributed by atoms with van der Waals surface area (Å²) in [5, 5.41) is 3.72. The molecule has 0 unspecified atom stereocenters. The van der Waals surface area contributed by atoms with Crippen molar-refractivity contribution >= 4 is 21.5 Å². The van der Waals surface area contributed by atoms with Gasteiger partial charge in [-0.3, -0.25) is 0 Å². The fraction of sp³-hybridized carbons (Fsp3) is 0.0986. The van der Waals surface area contributed by atoms with Crippen LogP contribution in [-0.2, 0) is 10.8 Å². The zero-order valence-electron chi connectivity index (χ0n) is 40.8. The number of hydrogen-bond acceptors (Lipinski definition) is 5. The van der Waals surface area contributed by atoms with Crippen molar-refractivity contribution in [1.29, 1.82) is 0 Å². The van der Waals surface area contributed by atoms with Gasteiger partial charge >= 0.3 is 0 Å². The van der Waals surface area contributed by atoms with Gasteiger partial charge in [0, 0.05) is 10.8 Å². The molecule has 364 valence electrons. The van der Waals surface area contributed by atoms with Crippen molar-refractivity contribution in [3.8, 4) is 106 Å². The molecule has 0 radical (unpaired) electrons. The third-order valence-corrected chi connectivity index (χ3v) is 14.7. The van der Waals surface area contributed by atoms with Crippen LogP contribution in [0.25, 0.3) is 43.8 Å². The van der Waals surface area contributed by atoms with Gasteiger partial charge in [-0.25, -0.2) is 0 Å². The lowest BCUT2D eigenvalue weighted by molar-refractivity contribution is 0.369. The number of hydrogen-bond donors (Lipinski definition) is 0. The van der Waals surface area contributed by atoms with Gasteiger partial charge in [0.05, 0.1) is 10.8 Å². The number of ether oxygens (including phenoxy) is 5. The summed E-state index contributed by atoms with van der Waals surface area (Å²) in [7, 11) is 0. The molecule has 5 heteroatoms. The summed E-state index contributed by atoms with van der Waals surface area (Å²) in [4.78, 5) is 0. The van der Waals surface area contributed by atoms with Gasteiger partial charge < -0.3 is 23.7 Å². The second-order valence-electron chi connectivity index (χ2n) is 18.4. The molecule has 76 heavy (non-hydrogen) atoms. The Hall–Kier alpha value is -10.0. The Bertz CT molecular complexity index is 3690. The van der Waals surface area contributed by atoms with Crippen LogP contribution in [-0.4, -0.2) is 26.4 Å². The molecule has 10 aromatic rings. The van der Waals surface area contributed by atoms with Crippen LogP contribution in [0.2, 0.25) is 0 Å². The zero-order chi connectivity index (χ0) is 50.9. The van der Waals surface area contributed by atoms with E-state index in [4.69, 9.17) is 49.4 Å². The number of benzene rings is 10. The van der Waals surface area contributed by atoms with Gasteiger partial charge in [0.2, 0.25) is 0 Å². The molecule has 0 aliphatic heterocycles. The van der Waals surface area contributed by atoms with Crippen molar-refractivity contribution in [2.75, 3.05) is 26.4 Å². The SMILES string of the molecule is C.C#CCOc1ccc2c(OCC#C)ccc(C3(c4ccc(Oc5ccc(C6(c7ccc(OCC#C)c8ccc(OCC#C)cc78)c7ccccc7-c7ccccc76)cc5)cc4)c4ccccc4-c4ccccc43)c2c1. The van der Waals surface area contributed by atoms with Crippen molar-refractivity contribution in [1.82, 2.24) is 0 Å². The quantitative estimate of drug-likeness (QED) is 0.102. The number of terminal acetylenes is 4. The van der Waals surface area contributed by atoms with E-state index in [2.05, 4.69) is 194 Å². The molecular formula is C71H50O5. The summed E-state index contributed by atoms with van der Waals surface area (Å²) in [6, 6.07) is 72.0. The third kappa shape index (κ3) is 7.66. The van der Waals surface area contributed by atoms with Crippen LogP contribution in [0.15, 0.2) is 206 Å². The van der Waals surface area contributed by atoms with Gasteiger partial charge in [0.15, 0.2) is 0 Å². The van der Waals surface area contributed by atoms with Crippen LogP contribution in [0, 0.1) is 49.4 Å². The lowest BCUT2D eigenvalue weighted by Gasteiger charge is -2.35. The first-order valence-corrected chi connectivity index (χ1v) is 24.7. The van der Waals surface area contributed by atoms with Crippen LogP contribution < -0.4 is 23.7 Å². The van der Waals surface area contributed by atoms with E-state index in [0.29, 0.717) is 34.5 Å². The molecule has 0 N–H and O–H groups in total. The predicted octanol–water partition coefficient (Wildman–Crippen LogP) is 15.2. The highest BCUT2D eigenvalue weighted by Crippen LogP contribution is 2.60. The maximum absolute atomic E-state index is 6.79. The summed E-state index contributed by atoms with van der Waals surface area (Å²) in [6.45, 7) is 0.538. The molecular weight excluding hydrogens is 933 g/mol. The molecule has 0 heterocycles. The Labute approximate surface area is 444 Å². The van der Waals surface area contributed by atoms with Gasteiger partial charge in [-0.05, 0) is 150 Å². The summed E-state index contributed by atoms with van der Waals surface area (Å²) in [5.74, 6) is 14.5. The molecule has 12 rings (SSSR count). The molecule has 10 aromatic carbocycles. The topological polar surface area (TPSA) is 46.2 Å². The fourth-order valence-electron chi connectivity index (χ4n) is 11.8. The largest absolute Gasteiger partial charge is 0.481 e. The van der Waals surface area contributed by atoms with E-state index in [9.17, 15) is 0 Å². The summed E-state index contributed by atoms with van der Waals surface area (Å²) in [5.41, 5.74) is 12.0. The molecule has 0 saturated heterocycles. The minimum atomic E-state index is -0.757. The predicted molar refractivity (Wildman–Crippen MR) is 307 cm³/mol. The maximum Gasteiger partial charge on any atom is 0.148 e. The Morgan fingerprint density at radius 2 is 0.618 bits per heavy atom. The van der Waals surface area contributed by atoms with Crippen LogP contribution in [0.1, 0.15) is 51.9 Å². The molecule has 0 amide bonds.